The summed E-state index contributed by atoms with van der Waals surface area (Å²) in [7, 11) is -3.07. The van der Waals surface area contributed by atoms with Gasteiger partial charge in [0.05, 0.1) is 11.5 Å². The Morgan fingerprint density at radius 1 is 1.39 bits per heavy atom. The lowest BCUT2D eigenvalue weighted by Crippen LogP contribution is -2.41. The number of carbonyl (C=O) groups is 2. The van der Waals surface area contributed by atoms with Crippen molar-refractivity contribution in [2.45, 2.75) is 25.8 Å². The van der Waals surface area contributed by atoms with Crippen LogP contribution in [-0.4, -0.2) is 49.2 Å². The molecule has 0 aromatic heterocycles. The number of sulfone groups is 1. The smallest absolute Gasteiger partial charge is 0.226 e. The molecule has 1 atom stereocenters. The number of nitrogens with one attached hydrogen (secondary N) is 1. The van der Waals surface area contributed by atoms with Gasteiger partial charge in [-0.2, -0.15) is 0 Å². The maximum absolute atomic E-state index is 12.0. The summed E-state index contributed by atoms with van der Waals surface area (Å²) in [6, 6.07) is 6.44. The molecular weight excluding hydrogens is 340 g/mol. The van der Waals surface area contributed by atoms with Crippen LogP contribution >= 0.6 is 11.6 Å². The van der Waals surface area contributed by atoms with Gasteiger partial charge in [-0.25, -0.2) is 8.42 Å². The van der Waals surface area contributed by atoms with Crippen LogP contribution in [-0.2, 0) is 19.4 Å². The molecule has 0 spiro atoms. The average molecular weight is 359 g/mol. The van der Waals surface area contributed by atoms with E-state index in [4.69, 9.17) is 11.6 Å². The third-order valence-electron chi connectivity index (χ3n) is 3.74. The van der Waals surface area contributed by atoms with Crippen LogP contribution in [0.15, 0.2) is 24.3 Å². The van der Waals surface area contributed by atoms with Crippen molar-refractivity contribution in [2.24, 2.45) is 0 Å². The number of amides is 2. The first-order valence-electron chi connectivity index (χ1n) is 7.30. The summed E-state index contributed by atoms with van der Waals surface area (Å²) < 4.78 is 23.1. The zero-order chi connectivity index (χ0) is 17.0. The number of hydrogen-bond donors (Lipinski definition) is 1. The van der Waals surface area contributed by atoms with E-state index in [2.05, 4.69) is 5.32 Å². The minimum Gasteiger partial charge on any atom is -0.338 e. The number of nitrogens with zero attached hydrogens (tertiary/aromatic N) is 1. The maximum Gasteiger partial charge on any atom is 0.226 e. The molecule has 0 bridgehead atoms. The minimum atomic E-state index is -3.07. The Balaban J connectivity index is 1.91. The number of carbonyl (C=O) groups excluding carboxylic acids is 2. The van der Waals surface area contributed by atoms with Gasteiger partial charge < -0.3 is 10.2 Å². The van der Waals surface area contributed by atoms with Crippen LogP contribution in [0.1, 0.15) is 19.8 Å². The van der Waals surface area contributed by atoms with Crippen LogP contribution in [0.2, 0.25) is 5.02 Å². The summed E-state index contributed by atoms with van der Waals surface area (Å²) in [5.41, 5.74) is 0.584. The number of benzene rings is 1. The van der Waals surface area contributed by atoms with Crippen LogP contribution in [0, 0.1) is 0 Å². The predicted molar refractivity (Wildman–Crippen MR) is 89.1 cm³/mol. The number of anilines is 1. The molecule has 1 saturated heterocycles. The molecule has 1 heterocycles. The molecule has 1 aliphatic heterocycles. The monoisotopic (exact) mass is 358 g/mol. The van der Waals surface area contributed by atoms with E-state index >= 15 is 0 Å². The highest BCUT2D eigenvalue weighted by Gasteiger charge is 2.33. The summed E-state index contributed by atoms with van der Waals surface area (Å²) >= 11 is 5.85. The third kappa shape index (κ3) is 5.21. The molecule has 1 N–H and O–H groups in total. The van der Waals surface area contributed by atoms with E-state index in [-0.39, 0.29) is 42.3 Å². The summed E-state index contributed by atoms with van der Waals surface area (Å²) in [6.07, 6.45) is 0.528. The lowest BCUT2D eigenvalue weighted by atomic mass is 10.2. The van der Waals surface area contributed by atoms with Crippen LogP contribution in [0.25, 0.3) is 0 Å². The first-order chi connectivity index (χ1) is 10.8. The number of hydrogen-bond acceptors (Lipinski definition) is 4. The summed E-state index contributed by atoms with van der Waals surface area (Å²) in [4.78, 5) is 25.2. The molecular formula is C15H19ClN2O4S. The molecule has 2 amide bonds. The van der Waals surface area contributed by atoms with Crippen LogP contribution in [0.3, 0.4) is 0 Å². The van der Waals surface area contributed by atoms with E-state index < -0.39 is 9.84 Å². The van der Waals surface area contributed by atoms with E-state index in [9.17, 15) is 18.0 Å². The quantitative estimate of drug-likeness (QED) is 0.868. The molecule has 1 aromatic rings. The van der Waals surface area contributed by atoms with E-state index in [1.54, 1.807) is 24.3 Å². The van der Waals surface area contributed by atoms with Gasteiger partial charge >= 0.3 is 0 Å². The Kier molecular flexibility index (Phi) is 5.64. The minimum absolute atomic E-state index is 0.0253. The van der Waals surface area contributed by atoms with Crippen molar-refractivity contribution < 1.29 is 18.0 Å². The second-order valence-electron chi connectivity index (χ2n) is 5.58. The fourth-order valence-electron chi connectivity index (χ4n) is 2.63. The molecule has 0 aliphatic carbocycles. The van der Waals surface area contributed by atoms with Crippen molar-refractivity contribution in [3.63, 3.8) is 0 Å². The topological polar surface area (TPSA) is 83.6 Å². The fourth-order valence-corrected chi connectivity index (χ4v) is 4.55. The Labute approximate surface area is 140 Å². The van der Waals surface area contributed by atoms with Gasteiger partial charge in [0.15, 0.2) is 9.84 Å². The van der Waals surface area contributed by atoms with Gasteiger partial charge in [-0.3, -0.25) is 9.59 Å². The van der Waals surface area contributed by atoms with Gasteiger partial charge in [0.25, 0.3) is 0 Å². The van der Waals surface area contributed by atoms with Gasteiger partial charge in [0, 0.05) is 36.6 Å². The largest absolute Gasteiger partial charge is 0.338 e. The number of rotatable bonds is 5. The Morgan fingerprint density at radius 2 is 2.13 bits per heavy atom. The summed E-state index contributed by atoms with van der Waals surface area (Å²) in [6.45, 7) is 1.59. The second kappa shape index (κ2) is 7.31. The van der Waals surface area contributed by atoms with Gasteiger partial charge in [0.1, 0.15) is 0 Å². The molecule has 2 rings (SSSR count). The Bertz CT molecular complexity index is 705. The van der Waals surface area contributed by atoms with E-state index in [0.717, 1.165) is 0 Å². The van der Waals surface area contributed by atoms with Crippen LogP contribution in [0.5, 0.6) is 0 Å². The van der Waals surface area contributed by atoms with Gasteiger partial charge in [-0.15, -0.1) is 0 Å². The normalized spacial score (nSPS) is 19.3. The standard InChI is InChI=1S/C15H19ClN2O4S/c1-11(19)18(14-6-8-23(21,22)10-14)7-5-15(20)17-13-4-2-3-12(16)9-13/h2-4,9,14H,5-8,10H2,1H3,(H,17,20). The summed E-state index contributed by atoms with van der Waals surface area (Å²) in [5.74, 6) is -0.402. The zero-order valence-electron chi connectivity index (χ0n) is 12.8. The van der Waals surface area contributed by atoms with Crippen molar-refractivity contribution in [3.8, 4) is 0 Å². The highest BCUT2D eigenvalue weighted by Crippen LogP contribution is 2.19. The third-order valence-corrected chi connectivity index (χ3v) is 5.73. The average Bonchev–Trinajstić information content (AvgIpc) is 2.78. The Hall–Kier alpha value is -1.60. The molecule has 8 heteroatoms. The van der Waals surface area contributed by atoms with Crippen molar-refractivity contribution >= 4 is 38.9 Å². The molecule has 126 valence electrons. The molecule has 0 radical (unpaired) electrons. The zero-order valence-corrected chi connectivity index (χ0v) is 14.4. The molecule has 0 saturated carbocycles. The number of halogens is 1. The van der Waals surface area contributed by atoms with Crippen molar-refractivity contribution in [1.29, 1.82) is 0 Å². The first-order valence-corrected chi connectivity index (χ1v) is 9.50. The lowest BCUT2D eigenvalue weighted by molar-refractivity contribution is -0.131. The van der Waals surface area contributed by atoms with Gasteiger partial charge in [-0.1, -0.05) is 17.7 Å². The van der Waals surface area contributed by atoms with Gasteiger partial charge in [0.2, 0.25) is 11.8 Å². The van der Waals surface area contributed by atoms with Crippen LogP contribution < -0.4 is 5.32 Å². The SMILES string of the molecule is CC(=O)N(CCC(=O)Nc1cccc(Cl)c1)C1CCS(=O)(=O)C1. The molecule has 1 aliphatic rings. The molecule has 23 heavy (non-hydrogen) atoms. The Morgan fingerprint density at radius 3 is 2.70 bits per heavy atom. The highest BCUT2D eigenvalue weighted by molar-refractivity contribution is 7.91. The van der Waals surface area contributed by atoms with Crippen LogP contribution in [0.4, 0.5) is 5.69 Å². The molecule has 1 aromatic carbocycles. The van der Waals surface area contributed by atoms with E-state index in [0.29, 0.717) is 17.1 Å². The van der Waals surface area contributed by atoms with Crippen molar-refractivity contribution in [2.75, 3.05) is 23.4 Å². The second-order valence-corrected chi connectivity index (χ2v) is 8.24. The van der Waals surface area contributed by atoms with Crippen molar-refractivity contribution in [1.82, 2.24) is 4.90 Å². The van der Waals surface area contributed by atoms with Crippen molar-refractivity contribution in [3.05, 3.63) is 29.3 Å². The fraction of sp³-hybridized carbons (Fsp3) is 0.467. The predicted octanol–water partition coefficient (Wildman–Crippen LogP) is 1.70. The van der Waals surface area contributed by atoms with Gasteiger partial charge in [-0.05, 0) is 24.6 Å². The highest BCUT2D eigenvalue weighted by atomic mass is 35.5. The first kappa shape index (κ1) is 17.7. The lowest BCUT2D eigenvalue weighted by Gasteiger charge is -2.26. The van der Waals surface area contributed by atoms with E-state index in [1.807, 2.05) is 0 Å². The maximum atomic E-state index is 12.0. The molecule has 1 fully saturated rings. The molecule has 1 unspecified atom stereocenters. The summed E-state index contributed by atoms with van der Waals surface area (Å²) in [5, 5.41) is 3.22. The van der Waals surface area contributed by atoms with E-state index in [1.165, 1.54) is 11.8 Å². The molecule has 6 nitrogen and oxygen atoms in total.